The number of esters is 1. The summed E-state index contributed by atoms with van der Waals surface area (Å²) in [5, 5.41) is 2.53. The summed E-state index contributed by atoms with van der Waals surface area (Å²) in [4.78, 5) is 38.6. The molecule has 1 N–H and O–H groups in total. The molecule has 7 heteroatoms. The van der Waals surface area contributed by atoms with Crippen LogP contribution in [0.1, 0.15) is 45.1 Å². The second-order valence-corrected chi connectivity index (χ2v) is 8.26. The summed E-state index contributed by atoms with van der Waals surface area (Å²) in [5.74, 6) is -1.01. The van der Waals surface area contributed by atoms with E-state index in [9.17, 15) is 18.8 Å². The standard InChI is InChI=1S/C22H29FN2O4/c1-14-6-5-9-19(15(14)2)25-12-17(10-21(25)27)22(28)29-13-20(26)24-11-16-7-3-4-8-18(16)23/h3-4,7-8,14-15,17,19H,5-6,9-13H2,1-2H3,(H,24,26)/t14-,15+,17+,19-/m0/s1. The molecular weight excluding hydrogens is 375 g/mol. The Balaban J connectivity index is 1.45. The van der Waals surface area contributed by atoms with Crippen LogP contribution in [0.15, 0.2) is 24.3 Å². The molecule has 4 atom stereocenters. The molecule has 1 heterocycles. The Hall–Kier alpha value is -2.44. The van der Waals surface area contributed by atoms with Crippen LogP contribution in [0.4, 0.5) is 4.39 Å². The maximum Gasteiger partial charge on any atom is 0.311 e. The molecule has 29 heavy (non-hydrogen) atoms. The monoisotopic (exact) mass is 404 g/mol. The zero-order valence-electron chi connectivity index (χ0n) is 17.0. The second kappa shape index (κ2) is 9.37. The lowest BCUT2D eigenvalue weighted by Gasteiger charge is -2.39. The zero-order chi connectivity index (χ0) is 21.0. The highest BCUT2D eigenvalue weighted by molar-refractivity contribution is 5.88. The lowest BCUT2D eigenvalue weighted by atomic mass is 9.77. The van der Waals surface area contributed by atoms with Gasteiger partial charge < -0.3 is 15.0 Å². The van der Waals surface area contributed by atoms with E-state index in [0.29, 0.717) is 23.9 Å². The summed E-state index contributed by atoms with van der Waals surface area (Å²) in [6, 6.07) is 6.32. The van der Waals surface area contributed by atoms with Crippen molar-refractivity contribution in [1.82, 2.24) is 10.2 Å². The molecular formula is C22H29FN2O4. The van der Waals surface area contributed by atoms with E-state index in [1.54, 1.807) is 18.2 Å². The Morgan fingerprint density at radius 3 is 2.76 bits per heavy atom. The average Bonchev–Trinajstić information content (AvgIpc) is 3.09. The zero-order valence-corrected chi connectivity index (χ0v) is 17.0. The van der Waals surface area contributed by atoms with Crippen molar-refractivity contribution in [2.24, 2.45) is 17.8 Å². The maximum absolute atomic E-state index is 13.6. The molecule has 1 saturated heterocycles. The molecule has 3 rings (SSSR count). The van der Waals surface area contributed by atoms with Crippen molar-refractivity contribution in [3.63, 3.8) is 0 Å². The van der Waals surface area contributed by atoms with E-state index in [4.69, 9.17) is 4.74 Å². The van der Waals surface area contributed by atoms with Crippen LogP contribution in [0, 0.1) is 23.6 Å². The normalized spacial score (nSPS) is 27.0. The quantitative estimate of drug-likeness (QED) is 0.740. The molecule has 158 valence electrons. The number of carbonyl (C=O) groups excluding carboxylic acids is 3. The number of halogens is 1. The average molecular weight is 404 g/mol. The van der Waals surface area contributed by atoms with Gasteiger partial charge in [0.1, 0.15) is 5.82 Å². The first-order valence-electron chi connectivity index (χ1n) is 10.3. The van der Waals surface area contributed by atoms with Crippen molar-refractivity contribution in [3.05, 3.63) is 35.6 Å². The van der Waals surface area contributed by atoms with E-state index in [2.05, 4.69) is 19.2 Å². The molecule has 0 unspecified atom stereocenters. The number of nitrogens with one attached hydrogen (secondary N) is 1. The van der Waals surface area contributed by atoms with E-state index in [0.717, 1.165) is 12.8 Å². The number of hydrogen-bond acceptors (Lipinski definition) is 4. The van der Waals surface area contributed by atoms with Gasteiger partial charge in [-0.1, -0.05) is 44.9 Å². The third kappa shape index (κ3) is 5.14. The van der Waals surface area contributed by atoms with Gasteiger partial charge in [-0.15, -0.1) is 0 Å². The van der Waals surface area contributed by atoms with Crippen LogP contribution in [0.25, 0.3) is 0 Å². The molecule has 1 aliphatic carbocycles. The Bertz CT molecular complexity index is 769. The van der Waals surface area contributed by atoms with Gasteiger partial charge in [0, 0.05) is 31.1 Å². The predicted octanol–water partition coefficient (Wildman–Crippen LogP) is 2.66. The highest BCUT2D eigenvalue weighted by Crippen LogP contribution is 2.35. The SMILES string of the molecule is C[C@@H]1[C@@H](C)CCC[C@@H]1N1C[C@H](C(=O)OCC(=O)NCc2ccccc2F)CC1=O. The van der Waals surface area contributed by atoms with E-state index >= 15 is 0 Å². The molecule has 0 bridgehead atoms. The lowest BCUT2D eigenvalue weighted by Crippen LogP contribution is -2.45. The first kappa shape index (κ1) is 21.3. The summed E-state index contributed by atoms with van der Waals surface area (Å²) < 4.78 is 18.7. The Morgan fingerprint density at radius 2 is 2.00 bits per heavy atom. The van der Waals surface area contributed by atoms with Crippen LogP contribution in [-0.4, -0.2) is 41.9 Å². The molecule has 2 fully saturated rings. The fourth-order valence-corrected chi connectivity index (χ4v) is 4.34. The van der Waals surface area contributed by atoms with Crippen molar-refractivity contribution in [2.45, 2.75) is 52.1 Å². The molecule has 1 aromatic carbocycles. The molecule has 0 radical (unpaired) electrons. The number of likely N-dealkylation sites (tertiary alicyclic amines) is 1. The van der Waals surface area contributed by atoms with Crippen molar-refractivity contribution in [2.75, 3.05) is 13.2 Å². The Labute approximate surface area is 170 Å². The highest BCUT2D eigenvalue weighted by Gasteiger charge is 2.42. The van der Waals surface area contributed by atoms with Gasteiger partial charge in [-0.3, -0.25) is 14.4 Å². The van der Waals surface area contributed by atoms with Crippen LogP contribution < -0.4 is 5.32 Å². The van der Waals surface area contributed by atoms with Crippen molar-refractivity contribution in [1.29, 1.82) is 0 Å². The lowest BCUT2D eigenvalue weighted by molar-refractivity contribution is -0.152. The van der Waals surface area contributed by atoms with Crippen LogP contribution in [-0.2, 0) is 25.7 Å². The van der Waals surface area contributed by atoms with Gasteiger partial charge in [-0.05, 0) is 24.3 Å². The molecule has 0 spiro atoms. The predicted molar refractivity (Wildman–Crippen MR) is 105 cm³/mol. The van der Waals surface area contributed by atoms with Gasteiger partial charge in [-0.25, -0.2) is 4.39 Å². The van der Waals surface area contributed by atoms with Crippen LogP contribution >= 0.6 is 0 Å². The Kier molecular flexibility index (Phi) is 6.87. The van der Waals surface area contributed by atoms with Crippen molar-refractivity contribution in [3.8, 4) is 0 Å². The van der Waals surface area contributed by atoms with E-state index in [1.807, 2.05) is 4.90 Å². The van der Waals surface area contributed by atoms with Gasteiger partial charge >= 0.3 is 5.97 Å². The first-order valence-corrected chi connectivity index (χ1v) is 10.3. The fraction of sp³-hybridized carbons (Fsp3) is 0.591. The number of amides is 2. The van der Waals surface area contributed by atoms with Crippen LogP contribution in [0.5, 0.6) is 0 Å². The minimum atomic E-state index is -0.536. The first-order chi connectivity index (χ1) is 13.9. The van der Waals surface area contributed by atoms with E-state index in [-0.39, 0.29) is 24.9 Å². The maximum atomic E-state index is 13.6. The molecule has 1 saturated carbocycles. The number of carbonyl (C=O) groups is 3. The molecule has 0 aromatic heterocycles. The minimum absolute atomic E-state index is 0.0121. The van der Waals surface area contributed by atoms with Gasteiger partial charge in [0.25, 0.3) is 5.91 Å². The summed E-state index contributed by atoms with van der Waals surface area (Å²) in [5.41, 5.74) is 0.361. The van der Waals surface area contributed by atoms with E-state index in [1.165, 1.54) is 12.5 Å². The number of hydrogen-bond donors (Lipinski definition) is 1. The smallest absolute Gasteiger partial charge is 0.311 e. The molecule has 2 amide bonds. The number of ether oxygens (including phenoxy) is 1. The highest BCUT2D eigenvalue weighted by atomic mass is 19.1. The topological polar surface area (TPSA) is 75.7 Å². The fourth-order valence-electron chi connectivity index (χ4n) is 4.34. The summed E-state index contributed by atoms with van der Waals surface area (Å²) in [7, 11) is 0. The van der Waals surface area contributed by atoms with Crippen molar-refractivity contribution < 1.29 is 23.5 Å². The third-order valence-corrected chi connectivity index (χ3v) is 6.34. The Morgan fingerprint density at radius 1 is 1.24 bits per heavy atom. The molecule has 6 nitrogen and oxygen atoms in total. The van der Waals surface area contributed by atoms with Crippen molar-refractivity contribution >= 4 is 17.8 Å². The van der Waals surface area contributed by atoms with Crippen LogP contribution in [0.3, 0.4) is 0 Å². The van der Waals surface area contributed by atoms with Gasteiger partial charge in [0.15, 0.2) is 6.61 Å². The van der Waals surface area contributed by atoms with Gasteiger partial charge in [0.05, 0.1) is 5.92 Å². The second-order valence-electron chi connectivity index (χ2n) is 8.26. The number of benzene rings is 1. The number of nitrogens with zero attached hydrogens (tertiary/aromatic N) is 1. The van der Waals surface area contributed by atoms with E-state index < -0.39 is 30.2 Å². The van der Waals surface area contributed by atoms with Gasteiger partial charge in [-0.2, -0.15) is 0 Å². The summed E-state index contributed by atoms with van der Waals surface area (Å²) >= 11 is 0. The summed E-state index contributed by atoms with van der Waals surface area (Å²) in [6.07, 6.45) is 3.37. The van der Waals surface area contributed by atoms with Crippen LogP contribution in [0.2, 0.25) is 0 Å². The molecule has 1 aromatic rings. The largest absolute Gasteiger partial charge is 0.455 e. The third-order valence-electron chi connectivity index (χ3n) is 6.34. The minimum Gasteiger partial charge on any atom is -0.455 e. The van der Waals surface area contributed by atoms with Gasteiger partial charge in [0.2, 0.25) is 5.91 Å². The summed E-state index contributed by atoms with van der Waals surface area (Å²) in [6.45, 7) is 4.33. The molecule has 2 aliphatic rings. The molecule has 1 aliphatic heterocycles. The number of rotatable bonds is 6.